The number of carbonyl (C=O) groups is 1. The molecule has 1 heterocycles. The highest BCUT2D eigenvalue weighted by atomic mass is 16.5. The van der Waals surface area contributed by atoms with Gasteiger partial charge in [-0.25, -0.2) is 4.98 Å². The van der Waals surface area contributed by atoms with Crippen LogP contribution in [0.15, 0.2) is 42.6 Å². The van der Waals surface area contributed by atoms with Gasteiger partial charge in [-0.3, -0.25) is 4.79 Å². The maximum atomic E-state index is 12.0. The van der Waals surface area contributed by atoms with Gasteiger partial charge in [-0.05, 0) is 29.8 Å². The Hall–Kier alpha value is -2.91. The number of ether oxygens (including phenoxy) is 2. The van der Waals surface area contributed by atoms with Crippen LogP contribution in [0.1, 0.15) is 21.5 Å². The molecule has 0 fully saturated rings. The van der Waals surface area contributed by atoms with Gasteiger partial charge < -0.3 is 14.8 Å². The van der Waals surface area contributed by atoms with E-state index in [1.54, 1.807) is 43.6 Å². The molecule has 1 amide bonds. The molecule has 0 saturated heterocycles. The smallest absolute Gasteiger partial charge is 0.251 e. The molecule has 6 heteroatoms. The fraction of sp³-hybridized carbons (Fsp3) is 0.235. The van der Waals surface area contributed by atoms with Crippen LogP contribution in [0.5, 0.6) is 5.88 Å². The number of rotatable bonds is 7. The quantitative estimate of drug-likeness (QED) is 0.790. The van der Waals surface area contributed by atoms with E-state index in [1.807, 2.05) is 12.1 Å². The van der Waals surface area contributed by atoms with E-state index in [0.717, 1.165) is 5.56 Å². The van der Waals surface area contributed by atoms with Gasteiger partial charge in [-0.1, -0.05) is 6.07 Å². The average molecular weight is 311 g/mol. The van der Waals surface area contributed by atoms with Crippen LogP contribution >= 0.6 is 0 Å². The highest BCUT2D eigenvalue weighted by Crippen LogP contribution is 2.08. The zero-order chi connectivity index (χ0) is 16.5. The summed E-state index contributed by atoms with van der Waals surface area (Å²) >= 11 is 0. The van der Waals surface area contributed by atoms with Crippen molar-refractivity contribution in [3.05, 3.63) is 59.3 Å². The van der Waals surface area contributed by atoms with Crippen molar-refractivity contribution in [3.63, 3.8) is 0 Å². The minimum Gasteiger partial charge on any atom is -0.475 e. The maximum absolute atomic E-state index is 12.0. The minimum atomic E-state index is -0.199. The van der Waals surface area contributed by atoms with Crippen LogP contribution in [-0.2, 0) is 11.3 Å². The third-order valence-electron chi connectivity index (χ3n) is 3.06. The second-order valence-corrected chi connectivity index (χ2v) is 4.72. The average Bonchev–Trinajstić information content (AvgIpc) is 2.61. The Morgan fingerprint density at radius 3 is 2.61 bits per heavy atom. The summed E-state index contributed by atoms with van der Waals surface area (Å²) in [5.41, 5.74) is 1.90. The van der Waals surface area contributed by atoms with E-state index in [9.17, 15) is 4.79 Å². The standard InChI is InChI=1S/C17H17N3O3/c1-22-8-9-23-16-7-4-14(11-19-16)12-20-17(21)15-5-2-13(10-18)3-6-15/h2-7,11H,8-9,12H2,1H3,(H,20,21). The van der Waals surface area contributed by atoms with Gasteiger partial charge in [0.15, 0.2) is 0 Å². The zero-order valence-electron chi connectivity index (χ0n) is 12.8. The number of carbonyl (C=O) groups excluding carboxylic acids is 1. The molecule has 0 atom stereocenters. The highest BCUT2D eigenvalue weighted by Gasteiger charge is 2.05. The third kappa shape index (κ3) is 5.09. The molecule has 1 N–H and O–H groups in total. The molecular weight excluding hydrogens is 294 g/mol. The molecule has 118 valence electrons. The Morgan fingerprint density at radius 1 is 1.22 bits per heavy atom. The number of nitrogens with zero attached hydrogens (tertiary/aromatic N) is 2. The predicted molar refractivity (Wildman–Crippen MR) is 83.9 cm³/mol. The van der Waals surface area contributed by atoms with Crippen LogP contribution in [0.3, 0.4) is 0 Å². The van der Waals surface area contributed by atoms with Crippen molar-refractivity contribution >= 4 is 5.91 Å². The SMILES string of the molecule is COCCOc1ccc(CNC(=O)c2ccc(C#N)cc2)cn1. The van der Waals surface area contributed by atoms with Crippen molar-refractivity contribution in [1.82, 2.24) is 10.3 Å². The Labute approximate surface area is 134 Å². The zero-order valence-corrected chi connectivity index (χ0v) is 12.8. The van der Waals surface area contributed by atoms with Crippen LogP contribution in [0.25, 0.3) is 0 Å². The second kappa shape index (κ2) is 8.51. The Bertz CT molecular complexity index is 676. The molecule has 0 saturated carbocycles. The summed E-state index contributed by atoms with van der Waals surface area (Å²) in [7, 11) is 1.61. The van der Waals surface area contributed by atoms with E-state index in [0.29, 0.717) is 36.8 Å². The number of aromatic nitrogens is 1. The number of benzene rings is 1. The van der Waals surface area contributed by atoms with Gasteiger partial charge in [0.2, 0.25) is 5.88 Å². The highest BCUT2D eigenvalue weighted by molar-refractivity contribution is 5.94. The van der Waals surface area contributed by atoms with Crippen LogP contribution < -0.4 is 10.1 Å². The Kier molecular flexibility index (Phi) is 6.09. The first-order chi connectivity index (χ1) is 11.2. The number of nitriles is 1. The largest absolute Gasteiger partial charge is 0.475 e. The van der Waals surface area contributed by atoms with Gasteiger partial charge in [0, 0.05) is 31.5 Å². The van der Waals surface area contributed by atoms with Crippen LogP contribution in [-0.4, -0.2) is 31.2 Å². The molecule has 0 aliphatic rings. The molecule has 23 heavy (non-hydrogen) atoms. The molecule has 1 aromatic heterocycles. The summed E-state index contributed by atoms with van der Waals surface area (Å²) < 4.78 is 10.3. The molecule has 0 bridgehead atoms. The van der Waals surface area contributed by atoms with Crippen molar-refractivity contribution in [3.8, 4) is 11.9 Å². The van der Waals surface area contributed by atoms with Crippen molar-refractivity contribution in [2.24, 2.45) is 0 Å². The van der Waals surface area contributed by atoms with Gasteiger partial charge >= 0.3 is 0 Å². The lowest BCUT2D eigenvalue weighted by atomic mass is 10.1. The van der Waals surface area contributed by atoms with E-state index >= 15 is 0 Å². The van der Waals surface area contributed by atoms with E-state index in [4.69, 9.17) is 14.7 Å². The molecule has 2 aromatic rings. The molecule has 0 aliphatic carbocycles. The predicted octanol–water partition coefficient (Wildman–Crippen LogP) is 1.91. The number of hydrogen-bond acceptors (Lipinski definition) is 5. The molecule has 0 unspecified atom stereocenters. The van der Waals surface area contributed by atoms with Crippen LogP contribution in [0.2, 0.25) is 0 Å². The lowest BCUT2D eigenvalue weighted by Gasteiger charge is -2.07. The number of hydrogen-bond donors (Lipinski definition) is 1. The summed E-state index contributed by atoms with van der Waals surface area (Å²) in [5.74, 6) is 0.319. The summed E-state index contributed by atoms with van der Waals surface area (Å²) in [5, 5.41) is 11.5. The lowest BCUT2D eigenvalue weighted by Crippen LogP contribution is -2.22. The second-order valence-electron chi connectivity index (χ2n) is 4.72. The van der Waals surface area contributed by atoms with E-state index in [2.05, 4.69) is 10.3 Å². The van der Waals surface area contributed by atoms with Crippen molar-refractivity contribution in [2.45, 2.75) is 6.54 Å². The first-order valence-electron chi connectivity index (χ1n) is 7.08. The summed E-state index contributed by atoms with van der Waals surface area (Å²) in [6, 6.07) is 12.1. The van der Waals surface area contributed by atoms with Gasteiger partial charge in [0.05, 0.1) is 18.2 Å². The number of nitrogens with one attached hydrogen (secondary N) is 1. The lowest BCUT2D eigenvalue weighted by molar-refractivity contribution is 0.0951. The van der Waals surface area contributed by atoms with Gasteiger partial charge in [0.1, 0.15) is 6.61 Å². The van der Waals surface area contributed by atoms with Crippen LogP contribution in [0.4, 0.5) is 0 Å². The molecule has 0 aliphatic heterocycles. The molecule has 6 nitrogen and oxygen atoms in total. The fourth-order valence-electron chi connectivity index (χ4n) is 1.81. The fourth-order valence-corrected chi connectivity index (χ4v) is 1.81. The molecule has 1 aromatic carbocycles. The first kappa shape index (κ1) is 16.5. The maximum Gasteiger partial charge on any atom is 0.251 e. The Morgan fingerprint density at radius 2 is 2.00 bits per heavy atom. The van der Waals surface area contributed by atoms with Crippen molar-refractivity contribution in [1.29, 1.82) is 5.26 Å². The Balaban J connectivity index is 1.85. The molecule has 0 radical (unpaired) electrons. The topological polar surface area (TPSA) is 84.2 Å². The minimum absolute atomic E-state index is 0.199. The normalized spacial score (nSPS) is 9.91. The molecule has 0 spiro atoms. The number of amides is 1. The molecule has 2 rings (SSSR count). The van der Waals surface area contributed by atoms with Crippen molar-refractivity contribution in [2.75, 3.05) is 20.3 Å². The summed E-state index contributed by atoms with van der Waals surface area (Å²) in [6.07, 6.45) is 1.65. The number of pyridine rings is 1. The molecular formula is C17H17N3O3. The van der Waals surface area contributed by atoms with Gasteiger partial charge in [-0.15, -0.1) is 0 Å². The first-order valence-corrected chi connectivity index (χ1v) is 7.08. The van der Waals surface area contributed by atoms with E-state index < -0.39 is 0 Å². The van der Waals surface area contributed by atoms with Crippen LogP contribution in [0, 0.1) is 11.3 Å². The van der Waals surface area contributed by atoms with E-state index in [-0.39, 0.29) is 5.91 Å². The summed E-state index contributed by atoms with van der Waals surface area (Å²) in [6.45, 7) is 1.31. The number of methoxy groups -OCH3 is 1. The third-order valence-corrected chi connectivity index (χ3v) is 3.06. The van der Waals surface area contributed by atoms with Gasteiger partial charge in [0.25, 0.3) is 5.91 Å². The van der Waals surface area contributed by atoms with Crippen molar-refractivity contribution < 1.29 is 14.3 Å². The van der Waals surface area contributed by atoms with E-state index in [1.165, 1.54) is 0 Å². The van der Waals surface area contributed by atoms with Gasteiger partial charge in [-0.2, -0.15) is 5.26 Å². The monoisotopic (exact) mass is 311 g/mol. The summed E-state index contributed by atoms with van der Waals surface area (Å²) in [4.78, 5) is 16.2.